The maximum absolute atomic E-state index is 12.9. The van der Waals surface area contributed by atoms with Gasteiger partial charge in [0.15, 0.2) is 0 Å². The SMILES string of the molecule is N[C@@H]1C(=O)N(Cc2ccc(F)cc2)[C@@H]1c1ccc(Br)cc1. The number of hydrogen-bond acceptors (Lipinski definition) is 2. The molecular formula is C16H14BrFN2O. The van der Waals surface area contributed by atoms with Crippen LogP contribution in [0.3, 0.4) is 0 Å². The maximum atomic E-state index is 12.9. The summed E-state index contributed by atoms with van der Waals surface area (Å²) in [5.74, 6) is -0.359. The Kier molecular flexibility index (Phi) is 3.78. The molecule has 0 aliphatic carbocycles. The highest BCUT2D eigenvalue weighted by Crippen LogP contribution is 2.35. The molecule has 0 bridgehead atoms. The second kappa shape index (κ2) is 5.58. The van der Waals surface area contributed by atoms with Gasteiger partial charge >= 0.3 is 0 Å². The Morgan fingerprint density at radius 3 is 2.33 bits per heavy atom. The van der Waals surface area contributed by atoms with Crippen molar-refractivity contribution in [1.82, 2.24) is 4.90 Å². The molecule has 0 saturated carbocycles. The van der Waals surface area contributed by atoms with Gasteiger partial charge < -0.3 is 10.6 Å². The van der Waals surface area contributed by atoms with E-state index in [0.29, 0.717) is 6.54 Å². The zero-order valence-corrected chi connectivity index (χ0v) is 12.8. The Hall–Kier alpha value is -1.72. The summed E-state index contributed by atoms with van der Waals surface area (Å²) in [6.45, 7) is 0.438. The number of nitrogens with two attached hydrogens (primary N) is 1. The predicted molar refractivity (Wildman–Crippen MR) is 81.8 cm³/mol. The van der Waals surface area contributed by atoms with E-state index in [1.165, 1.54) is 12.1 Å². The van der Waals surface area contributed by atoms with Crippen molar-refractivity contribution in [3.05, 3.63) is 69.9 Å². The minimum Gasteiger partial charge on any atom is -0.328 e. The lowest BCUT2D eigenvalue weighted by molar-refractivity contribution is -0.150. The second-order valence-electron chi connectivity index (χ2n) is 5.11. The number of carbonyl (C=O) groups excluding carboxylic acids is 1. The number of hydrogen-bond donors (Lipinski definition) is 1. The van der Waals surface area contributed by atoms with E-state index >= 15 is 0 Å². The molecular weight excluding hydrogens is 335 g/mol. The lowest BCUT2D eigenvalue weighted by atomic mass is 9.88. The van der Waals surface area contributed by atoms with Crippen LogP contribution in [0.5, 0.6) is 0 Å². The molecule has 0 spiro atoms. The van der Waals surface area contributed by atoms with Crippen LogP contribution in [-0.4, -0.2) is 16.8 Å². The van der Waals surface area contributed by atoms with Crippen LogP contribution < -0.4 is 5.73 Å². The molecule has 1 fully saturated rings. The van der Waals surface area contributed by atoms with Crippen molar-refractivity contribution in [1.29, 1.82) is 0 Å². The van der Waals surface area contributed by atoms with Gasteiger partial charge in [0, 0.05) is 11.0 Å². The van der Waals surface area contributed by atoms with E-state index < -0.39 is 6.04 Å². The third kappa shape index (κ3) is 2.71. The Morgan fingerprint density at radius 2 is 1.71 bits per heavy atom. The third-order valence-electron chi connectivity index (χ3n) is 3.72. The van der Waals surface area contributed by atoms with Gasteiger partial charge in [-0.15, -0.1) is 0 Å². The third-order valence-corrected chi connectivity index (χ3v) is 4.25. The summed E-state index contributed by atoms with van der Waals surface area (Å²) in [6, 6.07) is 13.3. The van der Waals surface area contributed by atoms with Crippen LogP contribution in [0.25, 0.3) is 0 Å². The molecule has 2 aromatic carbocycles. The first kappa shape index (κ1) is 14.2. The highest BCUT2D eigenvalue weighted by molar-refractivity contribution is 9.10. The van der Waals surface area contributed by atoms with Gasteiger partial charge in [-0.3, -0.25) is 4.79 Å². The van der Waals surface area contributed by atoms with Gasteiger partial charge in [-0.2, -0.15) is 0 Å². The van der Waals surface area contributed by atoms with Crippen molar-refractivity contribution in [3.63, 3.8) is 0 Å². The summed E-state index contributed by atoms with van der Waals surface area (Å²) in [7, 11) is 0. The van der Waals surface area contributed by atoms with Gasteiger partial charge in [-0.05, 0) is 35.4 Å². The summed E-state index contributed by atoms with van der Waals surface area (Å²) in [4.78, 5) is 13.7. The number of amides is 1. The minimum atomic E-state index is -0.508. The molecule has 3 rings (SSSR count). The van der Waals surface area contributed by atoms with Gasteiger partial charge in [0.05, 0.1) is 6.04 Å². The quantitative estimate of drug-likeness (QED) is 0.866. The second-order valence-corrected chi connectivity index (χ2v) is 6.03. The topological polar surface area (TPSA) is 46.3 Å². The largest absolute Gasteiger partial charge is 0.328 e. The van der Waals surface area contributed by atoms with E-state index in [2.05, 4.69) is 15.9 Å². The van der Waals surface area contributed by atoms with Gasteiger partial charge in [0.2, 0.25) is 5.91 Å². The fraction of sp³-hybridized carbons (Fsp3) is 0.188. The molecule has 108 valence electrons. The molecule has 0 aromatic heterocycles. The predicted octanol–water partition coefficient (Wildman–Crippen LogP) is 3.00. The molecule has 1 saturated heterocycles. The average Bonchev–Trinajstić information content (AvgIpc) is 2.50. The standard InChI is InChI=1S/C16H14BrFN2O/c17-12-5-3-11(4-6-12)15-14(19)16(21)20(15)9-10-1-7-13(18)8-2-10/h1-8,14-15H,9,19H2/t14-,15+/m0/s1. The van der Waals surface area contributed by atoms with Crippen LogP contribution in [0, 0.1) is 5.82 Å². The lowest BCUT2D eigenvalue weighted by Gasteiger charge is -2.45. The van der Waals surface area contributed by atoms with E-state index in [-0.39, 0.29) is 17.8 Å². The molecule has 2 N–H and O–H groups in total. The van der Waals surface area contributed by atoms with Crippen molar-refractivity contribution in [2.24, 2.45) is 5.73 Å². The van der Waals surface area contributed by atoms with E-state index in [9.17, 15) is 9.18 Å². The number of benzene rings is 2. The normalized spacial score (nSPS) is 21.3. The van der Waals surface area contributed by atoms with Gasteiger partial charge in [0.1, 0.15) is 11.9 Å². The van der Waals surface area contributed by atoms with Crippen LogP contribution in [0.4, 0.5) is 4.39 Å². The summed E-state index contributed by atoms with van der Waals surface area (Å²) in [5.41, 5.74) is 7.84. The fourth-order valence-corrected chi connectivity index (χ4v) is 2.85. The molecule has 3 nitrogen and oxygen atoms in total. The van der Waals surface area contributed by atoms with E-state index in [1.54, 1.807) is 17.0 Å². The Morgan fingerprint density at radius 1 is 1.10 bits per heavy atom. The Labute approximate surface area is 130 Å². The molecule has 2 atom stereocenters. The van der Waals surface area contributed by atoms with Gasteiger partial charge in [-0.25, -0.2) is 4.39 Å². The number of rotatable bonds is 3. The number of halogens is 2. The van der Waals surface area contributed by atoms with Crippen LogP contribution in [0.1, 0.15) is 17.2 Å². The molecule has 0 unspecified atom stereocenters. The summed E-state index contributed by atoms with van der Waals surface area (Å²) >= 11 is 3.39. The first-order valence-electron chi connectivity index (χ1n) is 6.62. The summed E-state index contributed by atoms with van der Waals surface area (Å²) in [6.07, 6.45) is 0. The Bertz CT molecular complexity index is 657. The molecule has 1 aliphatic rings. The van der Waals surface area contributed by atoms with Crippen molar-refractivity contribution in [2.75, 3.05) is 0 Å². The van der Waals surface area contributed by atoms with Crippen molar-refractivity contribution in [3.8, 4) is 0 Å². The van der Waals surface area contributed by atoms with Gasteiger partial charge in [0.25, 0.3) is 0 Å². The van der Waals surface area contributed by atoms with E-state index in [0.717, 1.165) is 15.6 Å². The number of likely N-dealkylation sites (tertiary alicyclic amines) is 1. The van der Waals surface area contributed by atoms with Crippen LogP contribution in [0.15, 0.2) is 53.0 Å². The first-order chi connectivity index (χ1) is 10.1. The van der Waals surface area contributed by atoms with Crippen molar-refractivity contribution < 1.29 is 9.18 Å². The summed E-state index contributed by atoms with van der Waals surface area (Å²) in [5, 5.41) is 0. The van der Waals surface area contributed by atoms with E-state index in [4.69, 9.17) is 5.73 Å². The average molecular weight is 349 g/mol. The molecule has 1 aliphatic heterocycles. The highest BCUT2D eigenvalue weighted by atomic mass is 79.9. The monoisotopic (exact) mass is 348 g/mol. The summed E-state index contributed by atoms with van der Waals surface area (Å²) < 4.78 is 13.9. The maximum Gasteiger partial charge on any atom is 0.242 e. The minimum absolute atomic E-state index is 0.0766. The molecule has 5 heteroatoms. The zero-order chi connectivity index (χ0) is 15.0. The first-order valence-corrected chi connectivity index (χ1v) is 7.41. The number of carbonyl (C=O) groups is 1. The van der Waals surface area contributed by atoms with Gasteiger partial charge in [-0.1, -0.05) is 40.2 Å². The lowest BCUT2D eigenvalue weighted by Crippen LogP contribution is -2.62. The van der Waals surface area contributed by atoms with Crippen molar-refractivity contribution in [2.45, 2.75) is 18.6 Å². The van der Waals surface area contributed by atoms with E-state index in [1.807, 2.05) is 24.3 Å². The molecule has 0 radical (unpaired) electrons. The molecule has 1 amide bonds. The number of nitrogens with zero attached hydrogens (tertiary/aromatic N) is 1. The molecule has 1 heterocycles. The van der Waals surface area contributed by atoms with Crippen LogP contribution in [-0.2, 0) is 11.3 Å². The number of β-lactam (4-membered cyclic amide) rings is 1. The zero-order valence-electron chi connectivity index (χ0n) is 11.2. The van der Waals surface area contributed by atoms with Crippen LogP contribution in [0.2, 0.25) is 0 Å². The Balaban J connectivity index is 1.81. The fourth-order valence-electron chi connectivity index (χ4n) is 2.59. The molecule has 2 aromatic rings. The smallest absolute Gasteiger partial charge is 0.242 e. The van der Waals surface area contributed by atoms with Crippen molar-refractivity contribution >= 4 is 21.8 Å². The molecule has 21 heavy (non-hydrogen) atoms. The highest BCUT2D eigenvalue weighted by Gasteiger charge is 2.45. The van der Waals surface area contributed by atoms with Crippen LogP contribution >= 0.6 is 15.9 Å².